The highest BCUT2D eigenvalue weighted by Crippen LogP contribution is 2.52. The van der Waals surface area contributed by atoms with E-state index in [1.807, 2.05) is 26.1 Å². The molecular weight excluding hydrogens is 360 g/mol. The van der Waals surface area contributed by atoms with Crippen LogP contribution in [0.15, 0.2) is 18.5 Å². The summed E-state index contributed by atoms with van der Waals surface area (Å²) in [6, 6.07) is 4.19. The number of carbonyl (C=O) groups excluding carboxylic acids is 1. The van der Waals surface area contributed by atoms with Crippen molar-refractivity contribution >= 4 is 28.6 Å². The van der Waals surface area contributed by atoms with Gasteiger partial charge in [0.2, 0.25) is 5.91 Å². The summed E-state index contributed by atoms with van der Waals surface area (Å²) in [5.74, 6) is 0.659. The first-order valence-corrected chi connectivity index (χ1v) is 9.87. The van der Waals surface area contributed by atoms with E-state index >= 15 is 0 Å². The van der Waals surface area contributed by atoms with Gasteiger partial charge in [0.05, 0.1) is 34.0 Å². The molecule has 5 rings (SSSR count). The molecule has 0 aromatic carbocycles. The van der Waals surface area contributed by atoms with Crippen molar-refractivity contribution in [1.82, 2.24) is 19.6 Å². The number of fused-ring (bicyclic) bond motifs is 1. The highest BCUT2D eigenvalue weighted by Gasteiger charge is 2.57. The Balaban J connectivity index is 1.65. The lowest BCUT2D eigenvalue weighted by atomic mass is 9.83. The average Bonchev–Trinajstić information content (AvgIpc) is 3.16. The predicted molar refractivity (Wildman–Crippen MR) is 101 cm³/mol. The number of rotatable bonds is 3. The zero-order chi connectivity index (χ0) is 18.8. The van der Waals surface area contributed by atoms with Gasteiger partial charge in [0.15, 0.2) is 5.82 Å². The standard InChI is InChI=1S/C19H18N6OS/c1-11-16(27-12(2)22-11)14-9-25-15(5-7-21-25)17(23-14)24-8-6-19(10-20,18(24)26)13-3-4-13/h5,7,9,13H,3-4,6,8H2,1-2H3/t19-/m1/s1. The van der Waals surface area contributed by atoms with Crippen LogP contribution < -0.4 is 4.90 Å². The van der Waals surface area contributed by atoms with Gasteiger partial charge in [-0.05, 0) is 45.1 Å². The molecule has 8 heteroatoms. The molecule has 1 aliphatic heterocycles. The van der Waals surface area contributed by atoms with Gasteiger partial charge < -0.3 is 0 Å². The lowest BCUT2D eigenvalue weighted by molar-refractivity contribution is -0.123. The molecule has 1 saturated heterocycles. The van der Waals surface area contributed by atoms with E-state index in [2.05, 4.69) is 16.2 Å². The van der Waals surface area contributed by atoms with Gasteiger partial charge in [0.1, 0.15) is 16.6 Å². The molecular formula is C19H18N6OS. The number of amides is 1. The van der Waals surface area contributed by atoms with E-state index in [-0.39, 0.29) is 11.8 Å². The van der Waals surface area contributed by atoms with Crippen LogP contribution in [0.3, 0.4) is 0 Å². The fraction of sp³-hybridized carbons (Fsp3) is 0.421. The van der Waals surface area contributed by atoms with Crippen LogP contribution in [-0.4, -0.2) is 32.0 Å². The van der Waals surface area contributed by atoms with Crippen molar-refractivity contribution in [3.8, 4) is 16.6 Å². The van der Waals surface area contributed by atoms with Crippen LogP contribution in [0, 0.1) is 36.5 Å². The molecule has 1 amide bonds. The molecule has 2 aliphatic rings. The van der Waals surface area contributed by atoms with Gasteiger partial charge in [-0.15, -0.1) is 11.3 Å². The number of anilines is 1. The molecule has 1 saturated carbocycles. The van der Waals surface area contributed by atoms with E-state index in [4.69, 9.17) is 4.98 Å². The van der Waals surface area contributed by atoms with Crippen molar-refractivity contribution < 1.29 is 4.79 Å². The first-order chi connectivity index (χ1) is 13.0. The van der Waals surface area contributed by atoms with Gasteiger partial charge in [-0.25, -0.2) is 14.5 Å². The first-order valence-electron chi connectivity index (χ1n) is 9.05. The third-order valence-electron chi connectivity index (χ3n) is 5.59. The van der Waals surface area contributed by atoms with Gasteiger partial charge in [-0.2, -0.15) is 10.4 Å². The summed E-state index contributed by atoms with van der Waals surface area (Å²) in [7, 11) is 0. The molecule has 1 atom stereocenters. The van der Waals surface area contributed by atoms with Crippen LogP contribution in [0.25, 0.3) is 16.1 Å². The summed E-state index contributed by atoms with van der Waals surface area (Å²) in [5.41, 5.74) is 1.55. The van der Waals surface area contributed by atoms with E-state index in [9.17, 15) is 10.1 Å². The monoisotopic (exact) mass is 378 g/mol. The Morgan fingerprint density at radius 1 is 1.33 bits per heavy atom. The minimum atomic E-state index is -0.883. The molecule has 4 heterocycles. The second kappa shape index (κ2) is 5.60. The lowest BCUT2D eigenvalue weighted by Crippen LogP contribution is -2.36. The lowest BCUT2D eigenvalue weighted by Gasteiger charge is -2.21. The van der Waals surface area contributed by atoms with Gasteiger partial charge in [0.25, 0.3) is 0 Å². The van der Waals surface area contributed by atoms with E-state index in [1.165, 1.54) is 0 Å². The Bertz CT molecular complexity index is 1120. The Morgan fingerprint density at radius 3 is 2.81 bits per heavy atom. The summed E-state index contributed by atoms with van der Waals surface area (Å²) >= 11 is 1.58. The van der Waals surface area contributed by atoms with Crippen molar-refractivity contribution in [2.24, 2.45) is 11.3 Å². The van der Waals surface area contributed by atoms with Crippen molar-refractivity contribution in [1.29, 1.82) is 5.26 Å². The van der Waals surface area contributed by atoms with Crippen molar-refractivity contribution in [3.63, 3.8) is 0 Å². The molecule has 7 nitrogen and oxygen atoms in total. The number of nitriles is 1. The maximum atomic E-state index is 13.2. The maximum absolute atomic E-state index is 13.2. The summed E-state index contributed by atoms with van der Waals surface area (Å²) < 4.78 is 1.75. The molecule has 3 aromatic rings. The zero-order valence-electron chi connectivity index (χ0n) is 15.1. The fourth-order valence-corrected chi connectivity index (χ4v) is 4.95. The summed E-state index contributed by atoms with van der Waals surface area (Å²) in [6.45, 7) is 4.44. The van der Waals surface area contributed by atoms with Crippen LogP contribution in [0.1, 0.15) is 30.0 Å². The average molecular weight is 378 g/mol. The quantitative estimate of drug-likeness (QED) is 0.699. The van der Waals surface area contributed by atoms with Crippen LogP contribution in [-0.2, 0) is 4.79 Å². The molecule has 1 aliphatic carbocycles. The summed E-state index contributed by atoms with van der Waals surface area (Å²) in [4.78, 5) is 25.2. The highest BCUT2D eigenvalue weighted by atomic mass is 32.1. The van der Waals surface area contributed by atoms with Crippen molar-refractivity contribution in [2.45, 2.75) is 33.1 Å². The largest absolute Gasteiger partial charge is 0.294 e. The zero-order valence-corrected chi connectivity index (χ0v) is 16.0. The Kier molecular flexibility index (Phi) is 3.40. The molecule has 136 valence electrons. The normalized spacial score (nSPS) is 22.6. The molecule has 0 radical (unpaired) electrons. The van der Waals surface area contributed by atoms with Crippen LogP contribution in [0.2, 0.25) is 0 Å². The maximum Gasteiger partial charge on any atom is 0.249 e. The second-order valence-corrected chi connectivity index (χ2v) is 8.53. The van der Waals surface area contributed by atoms with Crippen molar-refractivity contribution in [3.05, 3.63) is 29.2 Å². The molecule has 3 aromatic heterocycles. The number of hydrogen-bond acceptors (Lipinski definition) is 6. The highest BCUT2D eigenvalue weighted by molar-refractivity contribution is 7.15. The van der Waals surface area contributed by atoms with E-state index in [1.54, 1.807) is 26.9 Å². The molecule has 0 bridgehead atoms. The number of thiazole rings is 1. The number of aryl methyl sites for hydroxylation is 2. The third-order valence-corrected chi connectivity index (χ3v) is 6.69. The van der Waals surface area contributed by atoms with E-state index < -0.39 is 5.41 Å². The molecule has 0 spiro atoms. The second-order valence-electron chi connectivity index (χ2n) is 7.32. The minimum absolute atomic E-state index is 0.113. The molecule has 0 unspecified atom stereocenters. The number of nitrogens with zero attached hydrogens (tertiary/aromatic N) is 6. The van der Waals surface area contributed by atoms with E-state index in [0.29, 0.717) is 18.8 Å². The van der Waals surface area contributed by atoms with Gasteiger partial charge >= 0.3 is 0 Å². The van der Waals surface area contributed by atoms with Gasteiger partial charge in [0, 0.05) is 6.54 Å². The molecule has 2 fully saturated rings. The topological polar surface area (TPSA) is 87.2 Å². The third kappa shape index (κ3) is 2.31. The van der Waals surface area contributed by atoms with Crippen LogP contribution in [0.5, 0.6) is 0 Å². The predicted octanol–water partition coefficient (Wildman–Crippen LogP) is 3.13. The summed E-state index contributed by atoms with van der Waals surface area (Å²) in [6.07, 6.45) is 6.06. The van der Waals surface area contributed by atoms with Gasteiger partial charge in [-0.3, -0.25) is 9.69 Å². The Hall–Kier alpha value is -2.79. The number of carbonyl (C=O) groups is 1. The first kappa shape index (κ1) is 16.4. The van der Waals surface area contributed by atoms with E-state index in [0.717, 1.165) is 39.6 Å². The van der Waals surface area contributed by atoms with Crippen LogP contribution >= 0.6 is 11.3 Å². The molecule has 27 heavy (non-hydrogen) atoms. The Morgan fingerprint density at radius 2 is 2.15 bits per heavy atom. The van der Waals surface area contributed by atoms with Crippen molar-refractivity contribution in [2.75, 3.05) is 11.4 Å². The smallest absolute Gasteiger partial charge is 0.249 e. The fourth-order valence-electron chi connectivity index (χ4n) is 4.08. The van der Waals surface area contributed by atoms with Gasteiger partial charge in [-0.1, -0.05) is 0 Å². The molecule has 0 N–H and O–H groups in total. The number of hydrogen-bond donors (Lipinski definition) is 0. The minimum Gasteiger partial charge on any atom is -0.294 e. The SMILES string of the molecule is Cc1nc(C)c(-c2cn3nccc3c(N3CC[C@@](C#N)(C4CC4)C3=O)n2)s1. The summed E-state index contributed by atoms with van der Waals surface area (Å²) in [5, 5.41) is 15.1. The Labute approximate surface area is 160 Å². The van der Waals surface area contributed by atoms with Crippen LogP contribution in [0.4, 0.5) is 5.82 Å². The number of aromatic nitrogens is 4.